The Morgan fingerprint density at radius 3 is 2.25 bits per heavy atom. The van der Waals surface area contributed by atoms with Crippen molar-refractivity contribution in [3.63, 3.8) is 0 Å². The summed E-state index contributed by atoms with van der Waals surface area (Å²) < 4.78 is 0. The van der Waals surface area contributed by atoms with Crippen molar-refractivity contribution >= 4 is 23.4 Å². The number of hydrogen-bond donors (Lipinski definition) is 0. The van der Waals surface area contributed by atoms with Crippen LogP contribution >= 0.6 is 11.6 Å². The van der Waals surface area contributed by atoms with Gasteiger partial charge in [0.2, 0.25) is 5.95 Å². The molecule has 5 nitrogen and oxygen atoms in total. The number of nitrogens with zero attached hydrogens (tertiary/aromatic N) is 5. The molecular weight excluding hydrogens is 274 g/mol. The van der Waals surface area contributed by atoms with Crippen molar-refractivity contribution in [2.75, 3.05) is 36.0 Å². The van der Waals surface area contributed by atoms with Crippen LogP contribution in [0.5, 0.6) is 0 Å². The van der Waals surface area contributed by atoms with E-state index in [1.165, 1.54) is 0 Å². The van der Waals surface area contributed by atoms with Crippen LogP contribution in [0, 0.1) is 0 Å². The topological polar surface area (TPSA) is 45.2 Å². The maximum Gasteiger partial charge on any atom is 0.225 e. The van der Waals surface area contributed by atoms with Crippen LogP contribution < -0.4 is 9.80 Å². The molecule has 3 heterocycles. The normalized spacial score (nSPS) is 15.4. The Hall–Kier alpha value is -1.88. The Balaban J connectivity index is 1.70. The van der Waals surface area contributed by atoms with E-state index in [9.17, 15) is 0 Å². The van der Waals surface area contributed by atoms with Crippen LogP contribution in [0.15, 0.2) is 36.8 Å². The third kappa shape index (κ3) is 2.67. The lowest BCUT2D eigenvalue weighted by Crippen LogP contribution is -2.47. The quantitative estimate of drug-likeness (QED) is 0.808. The van der Waals surface area contributed by atoms with E-state index in [0.29, 0.717) is 5.88 Å². The first-order valence-electron chi connectivity index (χ1n) is 6.65. The lowest BCUT2D eigenvalue weighted by atomic mass is 10.2. The zero-order valence-electron chi connectivity index (χ0n) is 11.1. The fraction of sp³-hybridized carbons (Fsp3) is 0.357. The molecule has 0 unspecified atom stereocenters. The molecule has 6 heteroatoms. The molecule has 2 aromatic heterocycles. The highest BCUT2D eigenvalue weighted by Gasteiger charge is 2.21. The minimum atomic E-state index is 0.491. The Bertz CT molecular complexity index is 555. The van der Waals surface area contributed by atoms with Crippen molar-refractivity contribution in [1.82, 2.24) is 15.0 Å². The zero-order chi connectivity index (χ0) is 13.8. The van der Waals surface area contributed by atoms with Crippen LogP contribution in [0.25, 0.3) is 0 Å². The van der Waals surface area contributed by atoms with Crippen LogP contribution in [0.1, 0.15) is 5.56 Å². The molecule has 1 fully saturated rings. The van der Waals surface area contributed by atoms with Gasteiger partial charge in [0.05, 0.1) is 5.88 Å². The molecule has 0 amide bonds. The number of alkyl halides is 1. The van der Waals surface area contributed by atoms with Gasteiger partial charge in [-0.05, 0) is 12.1 Å². The molecule has 0 N–H and O–H groups in total. The zero-order valence-corrected chi connectivity index (χ0v) is 11.9. The highest BCUT2D eigenvalue weighted by Crippen LogP contribution is 2.21. The van der Waals surface area contributed by atoms with Gasteiger partial charge in [-0.25, -0.2) is 15.0 Å². The largest absolute Gasteiger partial charge is 0.353 e. The van der Waals surface area contributed by atoms with Crippen LogP contribution in [0.2, 0.25) is 0 Å². The number of pyridine rings is 1. The Morgan fingerprint density at radius 1 is 0.900 bits per heavy atom. The van der Waals surface area contributed by atoms with E-state index >= 15 is 0 Å². The standard InChI is InChI=1S/C14H16ClN5/c15-11-12-3-1-4-16-13(12)19-7-9-20(10-8-19)14-17-5-2-6-18-14/h1-6H,7-11H2. The minimum Gasteiger partial charge on any atom is -0.353 e. The fourth-order valence-corrected chi connectivity index (χ4v) is 2.60. The van der Waals surface area contributed by atoms with Gasteiger partial charge in [-0.15, -0.1) is 11.6 Å². The average molecular weight is 290 g/mol. The number of aromatic nitrogens is 3. The molecule has 0 aromatic carbocycles. The van der Waals surface area contributed by atoms with Gasteiger partial charge in [-0.2, -0.15) is 0 Å². The van der Waals surface area contributed by atoms with Crippen LogP contribution in [0.4, 0.5) is 11.8 Å². The molecule has 1 saturated heterocycles. The van der Waals surface area contributed by atoms with Crippen LogP contribution in [0.3, 0.4) is 0 Å². The summed E-state index contributed by atoms with van der Waals surface area (Å²) in [5, 5.41) is 0. The van der Waals surface area contributed by atoms with Gasteiger partial charge in [-0.3, -0.25) is 0 Å². The predicted octanol–water partition coefficient (Wildman–Crippen LogP) is 1.94. The molecule has 0 saturated carbocycles. The van der Waals surface area contributed by atoms with Crippen molar-refractivity contribution in [3.05, 3.63) is 42.4 Å². The Labute approximate surface area is 123 Å². The van der Waals surface area contributed by atoms with E-state index in [1.54, 1.807) is 12.4 Å². The molecule has 1 aliphatic heterocycles. The molecular formula is C14H16ClN5. The summed E-state index contributed by atoms with van der Waals surface area (Å²) in [6.07, 6.45) is 5.37. The van der Waals surface area contributed by atoms with E-state index in [0.717, 1.165) is 43.5 Å². The smallest absolute Gasteiger partial charge is 0.225 e. The summed E-state index contributed by atoms with van der Waals surface area (Å²) in [5.41, 5.74) is 1.08. The molecule has 20 heavy (non-hydrogen) atoms. The summed E-state index contributed by atoms with van der Waals surface area (Å²) in [6, 6.07) is 5.79. The lowest BCUT2D eigenvalue weighted by molar-refractivity contribution is 0.633. The third-order valence-corrected chi connectivity index (χ3v) is 3.71. The number of hydrogen-bond acceptors (Lipinski definition) is 5. The average Bonchev–Trinajstić information content (AvgIpc) is 2.56. The highest BCUT2D eigenvalue weighted by molar-refractivity contribution is 6.17. The molecule has 0 aliphatic carbocycles. The van der Waals surface area contributed by atoms with Gasteiger partial charge in [-0.1, -0.05) is 6.07 Å². The second kappa shape index (κ2) is 6.05. The SMILES string of the molecule is ClCc1cccnc1N1CCN(c2ncccn2)CC1. The van der Waals surface area contributed by atoms with Crippen LogP contribution in [-0.2, 0) is 5.88 Å². The lowest BCUT2D eigenvalue weighted by Gasteiger charge is -2.36. The molecule has 0 atom stereocenters. The van der Waals surface area contributed by atoms with E-state index in [1.807, 2.05) is 24.4 Å². The van der Waals surface area contributed by atoms with E-state index in [-0.39, 0.29) is 0 Å². The molecule has 0 radical (unpaired) electrons. The molecule has 1 aliphatic rings. The first-order valence-corrected chi connectivity index (χ1v) is 7.18. The first kappa shape index (κ1) is 13.1. The summed E-state index contributed by atoms with van der Waals surface area (Å²) in [6.45, 7) is 3.59. The van der Waals surface area contributed by atoms with E-state index in [4.69, 9.17) is 11.6 Å². The molecule has 0 bridgehead atoms. The highest BCUT2D eigenvalue weighted by atomic mass is 35.5. The third-order valence-electron chi connectivity index (χ3n) is 3.43. The molecule has 0 spiro atoms. The van der Waals surface area contributed by atoms with Gasteiger partial charge in [0.1, 0.15) is 5.82 Å². The summed E-state index contributed by atoms with van der Waals surface area (Å²) >= 11 is 5.98. The van der Waals surface area contributed by atoms with Gasteiger partial charge in [0, 0.05) is 50.3 Å². The van der Waals surface area contributed by atoms with Gasteiger partial charge in [0.15, 0.2) is 0 Å². The van der Waals surface area contributed by atoms with Gasteiger partial charge < -0.3 is 9.80 Å². The number of piperazine rings is 1. The van der Waals surface area contributed by atoms with Crippen molar-refractivity contribution in [2.24, 2.45) is 0 Å². The summed E-state index contributed by atoms with van der Waals surface area (Å²) in [5.74, 6) is 2.28. The van der Waals surface area contributed by atoms with Gasteiger partial charge >= 0.3 is 0 Å². The molecule has 2 aromatic rings. The number of halogens is 1. The number of anilines is 2. The van der Waals surface area contributed by atoms with E-state index in [2.05, 4.69) is 24.8 Å². The second-order valence-corrected chi connectivity index (χ2v) is 4.91. The minimum absolute atomic E-state index is 0.491. The fourth-order valence-electron chi connectivity index (χ4n) is 2.39. The van der Waals surface area contributed by atoms with E-state index < -0.39 is 0 Å². The predicted molar refractivity (Wildman–Crippen MR) is 80.3 cm³/mol. The van der Waals surface area contributed by atoms with Crippen LogP contribution in [-0.4, -0.2) is 41.1 Å². The summed E-state index contributed by atoms with van der Waals surface area (Å²) in [7, 11) is 0. The maximum absolute atomic E-state index is 5.98. The van der Waals surface area contributed by atoms with Gasteiger partial charge in [0.25, 0.3) is 0 Å². The molecule has 3 rings (SSSR count). The maximum atomic E-state index is 5.98. The first-order chi connectivity index (χ1) is 9.88. The monoisotopic (exact) mass is 289 g/mol. The second-order valence-electron chi connectivity index (χ2n) is 4.64. The number of rotatable bonds is 3. The van der Waals surface area contributed by atoms with Crippen molar-refractivity contribution in [3.8, 4) is 0 Å². The van der Waals surface area contributed by atoms with Crippen molar-refractivity contribution < 1.29 is 0 Å². The van der Waals surface area contributed by atoms with Crippen molar-refractivity contribution in [2.45, 2.75) is 5.88 Å². The molecule has 104 valence electrons. The van der Waals surface area contributed by atoms with Crippen molar-refractivity contribution in [1.29, 1.82) is 0 Å². The summed E-state index contributed by atoms with van der Waals surface area (Å²) in [4.78, 5) is 17.5. The Morgan fingerprint density at radius 2 is 1.55 bits per heavy atom. The Kier molecular flexibility index (Phi) is 3.97.